The van der Waals surface area contributed by atoms with Crippen molar-refractivity contribution in [2.45, 2.75) is 25.5 Å². The van der Waals surface area contributed by atoms with Crippen molar-refractivity contribution in [3.05, 3.63) is 0 Å². The second-order valence-corrected chi connectivity index (χ2v) is 1.85. The molecule has 0 aromatic carbocycles. The van der Waals surface area contributed by atoms with E-state index in [2.05, 4.69) is 0 Å². The summed E-state index contributed by atoms with van der Waals surface area (Å²) in [6.07, 6.45) is -0.00236. The van der Waals surface area contributed by atoms with Crippen molar-refractivity contribution in [3.8, 4) is 0 Å². The number of carboxylic acids is 1. The van der Waals surface area contributed by atoms with Gasteiger partial charge >= 0.3 is 5.97 Å². The minimum atomic E-state index is -0.871. The molecular formula is C5H11NO3Pd. The molecule has 64 valence electrons. The topological polar surface area (TPSA) is 83.5 Å². The zero-order valence-electron chi connectivity index (χ0n) is 5.39. The van der Waals surface area contributed by atoms with E-state index >= 15 is 0 Å². The number of carbonyl (C=O) groups is 1. The number of carboxylic acid groups (broad SMARTS) is 1. The Bertz CT molecular complexity index is 96.9. The molecule has 0 aromatic heterocycles. The van der Waals surface area contributed by atoms with Gasteiger partial charge < -0.3 is 15.9 Å². The smallest absolute Gasteiger partial charge is 0.303 e. The van der Waals surface area contributed by atoms with Crippen molar-refractivity contribution in [1.29, 1.82) is 0 Å². The minimum absolute atomic E-state index is 0. The monoisotopic (exact) mass is 239 g/mol. The average molecular weight is 240 g/mol. The molecule has 0 bridgehead atoms. The van der Waals surface area contributed by atoms with E-state index in [0.29, 0.717) is 12.8 Å². The first kappa shape index (κ1) is 12.7. The van der Waals surface area contributed by atoms with Crippen LogP contribution >= 0.6 is 0 Å². The molecule has 0 aliphatic carbocycles. The summed E-state index contributed by atoms with van der Waals surface area (Å²) in [5.74, 6) is -0.851. The molecule has 0 saturated carbocycles. The first-order valence-electron chi connectivity index (χ1n) is 2.78. The third-order valence-electron chi connectivity index (χ3n) is 0.891. The molecule has 0 spiro atoms. The first-order chi connectivity index (χ1) is 4.13. The molecule has 0 aliphatic heterocycles. The van der Waals surface area contributed by atoms with Gasteiger partial charge in [-0.1, -0.05) is 0 Å². The third-order valence-corrected chi connectivity index (χ3v) is 0.891. The fourth-order valence-corrected chi connectivity index (χ4v) is 0.462. The molecule has 5 heteroatoms. The quantitative estimate of drug-likeness (QED) is 0.457. The van der Waals surface area contributed by atoms with E-state index in [1.807, 2.05) is 0 Å². The van der Waals surface area contributed by atoms with Crippen LogP contribution in [0.3, 0.4) is 0 Å². The van der Waals surface area contributed by atoms with Crippen molar-refractivity contribution >= 4 is 5.97 Å². The molecule has 0 aliphatic rings. The van der Waals surface area contributed by atoms with E-state index in [9.17, 15) is 4.79 Å². The van der Waals surface area contributed by atoms with Gasteiger partial charge in [0, 0.05) is 26.8 Å². The maximum atomic E-state index is 9.86. The van der Waals surface area contributed by atoms with Gasteiger partial charge in [-0.2, -0.15) is 0 Å². The predicted octanol–water partition coefficient (Wildman–Crippen LogP) is -0.484. The summed E-state index contributed by atoms with van der Waals surface area (Å²) in [4.78, 5) is 9.86. The van der Waals surface area contributed by atoms with Crippen molar-refractivity contribution in [3.63, 3.8) is 0 Å². The van der Waals surface area contributed by atoms with Gasteiger partial charge in [0.15, 0.2) is 0 Å². The van der Waals surface area contributed by atoms with Crippen LogP contribution in [0.5, 0.6) is 0 Å². The molecule has 0 radical (unpaired) electrons. The summed E-state index contributed by atoms with van der Waals surface area (Å²) < 4.78 is 0. The van der Waals surface area contributed by atoms with Gasteiger partial charge in [0.05, 0.1) is 0 Å². The maximum Gasteiger partial charge on any atom is 0.303 e. The predicted molar refractivity (Wildman–Crippen MR) is 31.7 cm³/mol. The maximum absolute atomic E-state index is 9.86. The van der Waals surface area contributed by atoms with Gasteiger partial charge in [0.2, 0.25) is 0 Å². The van der Waals surface area contributed by atoms with Crippen LogP contribution in [-0.2, 0) is 25.2 Å². The number of aliphatic hydroxyl groups is 1. The van der Waals surface area contributed by atoms with E-state index in [0.717, 1.165) is 0 Å². The summed E-state index contributed by atoms with van der Waals surface area (Å²) >= 11 is 0. The summed E-state index contributed by atoms with van der Waals surface area (Å²) in [5, 5.41) is 16.6. The number of hydrogen-bond acceptors (Lipinski definition) is 3. The second kappa shape index (κ2) is 7.16. The summed E-state index contributed by atoms with van der Waals surface area (Å²) in [6.45, 7) is 0. The van der Waals surface area contributed by atoms with Crippen LogP contribution in [0.1, 0.15) is 19.3 Å². The SMILES string of the molecule is NC(O)CCCC(=O)O.[Pd]. The van der Waals surface area contributed by atoms with Crippen molar-refractivity contribution in [2.24, 2.45) is 5.73 Å². The van der Waals surface area contributed by atoms with Crippen LogP contribution < -0.4 is 5.73 Å². The molecular weight excluding hydrogens is 228 g/mol. The van der Waals surface area contributed by atoms with Crippen LogP contribution in [0.15, 0.2) is 0 Å². The van der Waals surface area contributed by atoms with E-state index in [1.54, 1.807) is 0 Å². The number of nitrogens with two attached hydrogens (primary N) is 1. The summed E-state index contributed by atoms with van der Waals surface area (Å²) in [6, 6.07) is 0. The third kappa shape index (κ3) is 10.9. The standard InChI is InChI=1S/C5H11NO3.Pd/c6-4(7)2-1-3-5(8)9;/h4,7H,1-3,6H2,(H,8,9);. The fourth-order valence-electron chi connectivity index (χ4n) is 0.462. The number of rotatable bonds is 4. The zero-order chi connectivity index (χ0) is 7.28. The minimum Gasteiger partial charge on any atom is -0.481 e. The molecule has 1 atom stereocenters. The molecule has 4 N–H and O–H groups in total. The Morgan fingerprint density at radius 2 is 2.10 bits per heavy atom. The zero-order valence-corrected chi connectivity index (χ0v) is 6.95. The van der Waals surface area contributed by atoms with Gasteiger partial charge in [0.1, 0.15) is 6.23 Å². The van der Waals surface area contributed by atoms with Crippen LogP contribution in [0.4, 0.5) is 0 Å². The molecule has 4 nitrogen and oxygen atoms in total. The summed E-state index contributed by atoms with van der Waals surface area (Å²) in [7, 11) is 0. The Kier molecular flexibility index (Phi) is 9.10. The van der Waals surface area contributed by atoms with Crippen molar-refractivity contribution < 1.29 is 35.4 Å². The summed E-state index contributed by atoms with van der Waals surface area (Å²) in [5.41, 5.74) is 4.94. The fraction of sp³-hybridized carbons (Fsp3) is 0.800. The van der Waals surface area contributed by atoms with Gasteiger partial charge in [-0.05, 0) is 12.8 Å². The van der Waals surface area contributed by atoms with Crippen LogP contribution in [0, 0.1) is 0 Å². The van der Waals surface area contributed by atoms with Crippen molar-refractivity contribution in [2.75, 3.05) is 0 Å². The molecule has 0 rings (SSSR count). The number of aliphatic carboxylic acids is 1. The Labute approximate surface area is 73.1 Å². The second-order valence-electron chi connectivity index (χ2n) is 1.85. The molecule has 0 saturated heterocycles. The van der Waals surface area contributed by atoms with Crippen LogP contribution in [0.2, 0.25) is 0 Å². The number of hydrogen-bond donors (Lipinski definition) is 3. The van der Waals surface area contributed by atoms with E-state index in [1.165, 1.54) is 0 Å². The van der Waals surface area contributed by atoms with E-state index in [-0.39, 0.29) is 26.8 Å². The molecule has 1 unspecified atom stereocenters. The number of aliphatic hydroxyl groups excluding tert-OH is 1. The molecule has 0 fully saturated rings. The Morgan fingerprint density at radius 1 is 1.60 bits per heavy atom. The molecule has 0 heterocycles. The Hall–Kier alpha value is 0.0523. The van der Waals surface area contributed by atoms with Gasteiger partial charge in [-0.15, -0.1) is 0 Å². The van der Waals surface area contributed by atoms with Crippen LogP contribution in [-0.4, -0.2) is 22.4 Å². The van der Waals surface area contributed by atoms with Gasteiger partial charge in [-0.25, -0.2) is 0 Å². The van der Waals surface area contributed by atoms with Crippen molar-refractivity contribution in [1.82, 2.24) is 0 Å². The Morgan fingerprint density at radius 3 is 2.40 bits per heavy atom. The Balaban J connectivity index is 0. The molecule has 0 aromatic rings. The van der Waals surface area contributed by atoms with Gasteiger partial charge in [0.25, 0.3) is 0 Å². The largest absolute Gasteiger partial charge is 0.481 e. The molecule has 0 amide bonds. The van der Waals surface area contributed by atoms with E-state index < -0.39 is 12.2 Å². The first-order valence-corrected chi connectivity index (χ1v) is 2.78. The van der Waals surface area contributed by atoms with Gasteiger partial charge in [-0.3, -0.25) is 4.79 Å². The molecule has 10 heavy (non-hydrogen) atoms. The van der Waals surface area contributed by atoms with Crippen LogP contribution in [0.25, 0.3) is 0 Å². The normalized spacial score (nSPS) is 11.8. The van der Waals surface area contributed by atoms with E-state index in [4.69, 9.17) is 15.9 Å². The average Bonchev–Trinajstić information content (AvgIpc) is 1.63.